The zero-order valence-electron chi connectivity index (χ0n) is 16.9. The molecule has 1 fully saturated rings. The highest BCUT2D eigenvalue weighted by Gasteiger charge is 2.36. The molecule has 9 heteroatoms. The van der Waals surface area contributed by atoms with Crippen molar-refractivity contribution in [3.63, 3.8) is 0 Å². The molecule has 3 aromatic heterocycles. The Morgan fingerprint density at radius 2 is 2.10 bits per heavy atom. The Morgan fingerprint density at radius 1 is 1.29 bits per heavy atom. The Morgan fingerprint density at radius 3 is 2.77 bits per heavy atom. The summed E-state index contributed by atoms with van der Waals surface area (Å²) in [5, 5.41) is 17.1. The van der Waals surface area contributed by atoms with E-state index in [1.54, 1.807) is 6.20 Å². The number of aromatic nitrogens is 4. The molecule has 7 nitrogen and oxygen atoms in total. The first-order valence-electron chi connectivity index (χ1n) is 10.0. The lowest BCUT2D eigenvalue weighted by atomic mass is 9.91. The number of halogens is 2. The summed E-state index contributed by atoms with van der Waals surface area (Å²) in [6, 6.07) is 5.69. The summed E-state index contributed by atoms with van der Waals surface area (Å²) in [4.78, 5) is 16.2. The fraction of sp³-hybridized carbons (Fsp3) is 0.318. The Bertz CT molecular complexity index is 1330. The van der Waals surface area contributed by atoms with Gasteiger partial charge in [-0.2, -0.15) is 5.10 Å². The molecular formula is C22H20F2N4O3. The number of nitrogens with one attached hydrogen (secondary N) is 1. The molecular weight excluding hydrogens is 406 g/mol. The second kappa shape index (κ2) is 7.12. The van der Waals surface area contributed by atoms with Crippen LogP contribution in [-0.2, 0) is 9.53 Å². The SMILES string of the molecule is CC(C)c1c(C2COC(C(=O)O)C2)c2nc3[nH]ncc3cc2n1-c1ccc(F)c(F)c1. The summed E-state index contributed by atoms with van der Waals surface area (Å²) in [6.07, 6.45) is 1.08. The number of carboxylic acid groups (broad SMARTS) is 1. The number of ether oxygens (including phenoxy) is 1. The molecule has 0 saturated carbocycles. The monoisotopic (exact) mass is 426 g/mol. The molecule has 2 atom stereocenters. The van der Waals surface area contributed by atoms with Crippen molar-refractivity contribution in [1.82, 2.24) is 19.7 Å². The van der Waals surface area contributed by atoms with Gasteiger partial charge < -0.3 is 14.4 Å². The highest BCUT2D eigenvalue weighted by Crippen LogP contribution is 2.42. The van der Waals surface area contributed by atoms with Crippen molar-refractivity contribution in [2.75, 3.05) is 6.61 Å². The summed E-state index contributed by atoms with van der Waals surface area (Å²) in [7, 11) is 0. The van der Waals surface area contributed by atoms with Gasteiger partial charge in [-0.05, 0) is 30.5 Å². The molecule has 1 aromatic carbocycles. The van der Waals surface area contributed by atoms with Crippen LogP contribution in [0.5, 0.6) is 0 Å². The molecule has 0 radical (unpaired) electrons. The molecule has 1 aliphatic rings. The van der Waals surface area contributed by atoms with Crippen LogP contribution < -0.4 is 0 Å². The highest BCUT2D eigenvalue weighted by atomic mass is 19.2. The van der Waals surface area contributed by atoms with E-state index in [-0.39, 0.29) is 18.4 Å². The minimum Gasteiger partial charge on any atom is -0.479 e. The van der Waals surface area contributed by atoms with E-state index in [4.69, 9.17) is 9.72 Å². The molecule has 0 aliphatic carbocycles. The predicted octanol–water partition coefficient (Wildman–Crippen LogP) is 4.26. The van der Waals surface area contributed by atoms with E-state index >= 15 is 0 Å². The van der Waals surface area contributed by atoms with Gasteiger partial charge in [0.2, 0.25) is 0 Å². The van der Waals surface area contributed by atoms with Crippen LogP contribution in [0.3, 0.4) is 0 Å². The number of hydrogen-bond donors (Lipinski definition) is 2. The van der Waals surface area contributed by atoms with Crippen molar-refractivity contribution in [2.24, 2.45) is 0 Å². The molecule has 1 saturated heterocycles. The predicted molar refractivity (Wildman–Crippen MR) is 109 cm³/mol. The number of pyridine rings is 1. The summed E-state index contributed by atoms with van der Waals surface area (Å²) in [5.74, 6) is -3.06. The van der Waals surface area contributed by atoms with Gasteiger partial charge in [-0.3, -0.25) is 5.10 Å². The Hall–Kier alpha value is -3.33. The van der Waals surface area contributed by atoms with Gasteiger partial charge in [-0.25, -0.2) is 18.6 Å². The van der Waals surface area contributed by atoms with Crippen molar-refractivity contribution in [2.45, 2.75) is 38.2 Å². The quantitative estimate of drug-likeness (QED) is 0.509. The number of carboxylic acids is 1. The lowest BCUT2D eigenvalue weighted by molar-refractivity contribution is -0.147. The van der Waals surface area contributed by atoms with Gasteiger partial charge in [-0.15, -0.1) is 0 Å². The maximum absolute atomic E-state index is 14.1. The minimum absolute atomic E-state index is 0.00217. The first-order valence-corrected chi connectivity index (χ1v) is 10.0. The number of aliphatic carboxylic acids is 1. The normalized spacial score (nSPS) is 19.1. The summed E-state index contributed by atoms with van der Waals surface area (Å²) in [5.41, 5.74) is 4.20. The molecule has 0 bridgehead atoms. The molecule has 31 heavy (non-hydrogen) atoms. The number of carbonyl (C=O) groups is 1. The summed E-state index contributed by atoms with van der Waals surface area (Å²) < 4.78 is 35.2. The third-order valence-corrected chi connectivity index (χ3v) is 5.81. The summed E-state index contributed by atoms with van der Waals surface area (Å²) in [6.45, 7) is 4.26. The topological polar surface area (TPSA) is 93.0 Å². The number of H-pyrrole nitrogens is 1. The molecule has 4 aromatic rings. The van der Waals surface area contributed by atoms with Crippen molar-refractivity contribution in [3.8, 4) is 5.69 Å². The Kier molecular flexibility index (Phi) is 4.51. The average molecular weight is 426 g/mol. The van der Waals surface area contributed by atoms with Crippen LogP contribution in [0.1, 0.15) is 43.4 Å². The molecule has 2 unspecified atom stereocenters. The number of rotatable bonds is 4. The largest absolute Gasteiger partial charge is 0.479 e. The number of aromatic amines is 1. The van der Waals surface area contributed by atoms with Crippen LogP contribution >= 0.6 is 0 Å². The highest BCUT2D eigenvalue weighted by molar-refractivity contribution is 5.93. The van der Waals surface area contributed by atoms with E-state index in [0.29, 0.717) is 23.3 Å². The van der Waals surface area contributed by atoms with Crippen molar-refractivity contribution < 1.29 is 23.4 Å². The molecule has 1 aliphatic heterocycles. The maximum atomic E-state index is 14.1. The fourth-order valence-electron chi connectivity index (χ4n) is 4.48. The maximum Gasteiger partial charge on any atom is 0.332 e. The zero-order valence-corrected chi connectivity index (χ0v) is 16.9. The van der Waals surface area contributed by atoms with Crippen molar-refractivity contribution in [3.05, 3.63) is 53.4 Å². The standard InChI is InChI=1S/C22H20F2N4O3/c1-10(2)20-18(12-6-17(22(29)30)31-9-12)19-16(5-11-8-25-27-21(11)26-19)28(20)13-3-4-14(23)15(24)7-13/h3-5,7-8,10,12,17H,6,9H2,1-2H3,(H,29,30)(H,25,26,27). The number of hydrogen-bond acceptors (Lipinski definition) is 4. The van der Waals surface area contributed by atoms with Gasteiger partial charge in [0.25, 0.3) is 0 Å². The fourth-order valence-corrected chi connectivity index (χ4v) is 4.48. The van der Waals surface area contributed by atoms with E-state index in [0.717, 1.165) is 34.3 Å². The van der Waals surface area contributed by atoms with Gasteiger partial charge >= 0.3 is 5.97 Å². The zero-order chi connectivity index (χ0) is 21.9. The number of benzene rings is 1. The van der Waals surface area contributed by atoms with Gasteiger partial charge in [-0.1, -0.05) is 13.8 Å². The van der Waals surface area contributed by atoms with E-state index in [9.17, 15) is 18.7 Å². The van der Waals surface area contributed by atoms with E-state index in [1.807, 2.05) is 24.5 Å². The van der Waals surface area contributed by atoms with Crippen LogP contribution in [0.25, 0.3) is 27.8 Å². The second-order valence-corrected chi connectivity index (χ2v) is 8.14. The molecule has 5 rings (SSSR count). The third-order valence-electron chi connectivity index (χ3n) is 5.81. The minimum atomic E-state index is -0.998. The van der Waals surface area contributed by atoms with E-state index in [2.05, 4.69) is 10.2 Å². The van der Waals surface area contributed by atoms with E-state index < -0.39 is 23.7 Å². The first-order chi connectivity index (χ1) is 14.8. The molecule has 160 valence electrons. The Labute approximate surface area is 175 Å². The average Bonchev–Trinajstić information content (AvgIpc) is 3.44. The lowest BCUT2D eigenvalue weighted by Crippen LogP contribution is -2.18. The molecule has 2 N–H and O–H groups in total. The lowest BCUT2D eigenvalue weighted by Gasteiger charge is -2.17. The van der Waals surface area contributed by atoms with Gasteiger partial charge in [0.05, 0.1) is 23.8 Å². The van der Waals surface area contributed by atoms with Crippen LogP contribution in [0.4, 0.5) is 8.78 Å². The molecule has 0 spiro atoms. The van der Waals surface area contributed by atoms with E-state index in [1.165, 1.54) is 6.07 Å². The summed E-state index contributed by atoms with van der Waals surface area (Å²) >= 11 is 0. The second-order valence-electron chi connectivity index (χ2n) is 8.14. The van der Waals surface area contributed by atoms with Crippen LogP contribution in [0.2, 0.25) is 0 Å². The molecule has 0 amide bonds. The number of fused-ring (bicyclic) bond motifs is 2. The van der Waals surface area contributed by atoms with Gasteiger partial charge in [0, 0.05) is 34.3 Å². The third kappa shape index (κ3) is 3.07. The first kappa shape index (κ1) is 19.6. The molecule has 4 heterocycles. The van der Waals surface area contributed by atoms with Gasteiger partial charge in [0.15, 0.2) is 23.4 Å². The smallest absolute Gasteiger partial charge is 0.332 e. The van der Waals surface area contributed by atoms with Crippen molar-refractivity contribution in [1.29, 1.82) is 0 Å². The van der Waals surface area contributed by atoms with Crippen LogP contribution in [-0.4, -0.2) is 43.5 Å². The Balaban J connectivity index is 1.83. The van der Waals surface area contributed by atoms with Gasteiger partial charge in [0.1, 0.15) is 0 Å². The van der Waals surface area contributed by atoms with Crippen LogP contribution in [0, 0.1) is 11.6 Å². The van der Waals surface area contributed by atoms with Crippen molar-refractivity contribution >= 4 is 28.0 Å². The number of nitrogens with zero attached hydrogens (tertiary/aromatic N) is 3. The van der Waals surface area contributed by atoms with Crippen LogP contribution in [0.15, 0.2) is 30.5 Å².